The van der Waals surface area contributed by atoms with Gasteiger partial charge in [-0.1, -0.05) is 6.07 Å². The second-order valence-electron chi connectivity index (χ2n) is 5.45. The highest BCUT2D eigenvalue weighted by atomic mass is 16.5. The molecule has 0 saturated carbocycles. The van der Waals surface area contributed by atoms with Crippen molar-refractivity contribution in [3.63, 3.8) is 0 Å². The number of ether oxygens (including phenoxy) is 1. The number of aryl methyl sites for hydroxylation is 2. The van der Waals surface area contributed by atoms with E-state index >= 15 is 0 Å². The number of nitriles is 1. The number of hydrogen-bond donors (Lipinski definition) is 1. The first kappa shape index (κ1) is 14.4. The van der Waals surface area contributed by atoms with Gasteiger partial charge < -0.3 is 10.5 Å². The highest BCUT2D eigenvalue weighted by molar-refractivity contribution is 5.58. The van der Waals surface area contributed by atoms with Crippen LogP contribution in [0.5, 0.6) is 5.75 Å². The van der Waals surface area contributed by atoms with E-state index in [0.717, 1.165) is 29.7 Å². The van der Waals surface area contributed by atoms with Crippen LogP contribution in [0.25, 0.3) is 0 Å². The third-order valence-corrected chi connectivity index (χ3v) is 2.94. The zero-order chi connectivity index (χ0) is 13.8. The van der Waals surface area contributed by atoms with Gasteiger partial charge in [-0.05, 0) is 57.7 Å². The van der Waals surface area contributed by atoms with Crippen molar-refractivity contribution in [2.45, 2.75) is 40.5 Å². The summed E-state index contributed by atoms with van der Waals surface area (Å²) in [6.07, 6.45) is 1.68. The molecular weight excluding hydrogens is 224 g/mol. The number of benzene rings is 1. The van der Waals surface area contributed by atoms with Crippen molar-refractivity contribution >= 4 is 5.69 Å². The normalized spacial score (nSPS) is 11.1. The molecule has 0 radical (unpaired) electrons. The first-order valence-electron chi connectivity index (χ1n) is 6.26. The van der Waals surface area contributed by atoms with Crippen LogP contribution in [0.1, 0.15) is 37.8 Å². The van der Waals surface area contributed by atoms with E-state index in [9.17, 15) is 0 Å². The summed E-state index contributed by atoms with van der Waals surface area (Å²) in [5.74, 6) is 0.773. The molecule has 0 fully saturated rings. The molecule has 98 valence electrons. The molecule has 3 heteroatoms. The van der Waals surface area contributed by atoms with Crippen LogP contribution in [0.15, 0.2) is 12.1 Å². The molecule has 2 N–H and O–H groups in total. The number of nitrogen functional groups attached to an aromatic ring is 1. The van der Waals surface area contributed by atoms with Crippen LogP contribution in [-0.4, -0.2) is 6.61 Å². The number of rotatable bonds is 5. The highest BCUT2D eigenvalue weighted by Gasteiger charge is 2.16. The minimum absolute atomic E-state index is 0.281. The molecule has 18 heavy (non-hydrogen) atoms. The Morgan fingerprint density at radius 3 is 2.56 bits per heavy atom. The maximum Gasteiger partial charge on any atom is 0.145 e. The summed E-state index contributed by atoms with van der Waals surface area (Å²) < 4.78 is 5.73. The number of nitrogens with zero attached hydrogens (tertiary/aromatic N) is 1. The first-order valence-corrected chi connectivity index (χ1v) is 6.26. The lowest BCUT2D eigenvalue weighted by Gasteiger charge is -2.16. The highest BCUT2D eigenvalue weighted by Crippen LogP contribution is 2.28. The van der Waals surface area contributed by atoms with E-state index < -0.39 is 0 Å². The maximum atomic E-state index is 8.92. The fourth-order valence-electron chi connectivity index (χ4n) is 1.93. The fourth-order valence-corrected chi connectivity index (χ4v) is 1.93. The van der Waals surface area contributed by atoms with E-state index in [0.29, 0.717) is 12.3 Å². The third kappa shape index (κ3) is 3.96. The molecule has 0 bridgehead atoms. The Labute approximate surface area is 110 Å². The molecular formula is C15H22N2O. The molecule has 1 aromatic carbocycles. The van der Waals surface area contributed by atoms with Gasteiger partial charge in [0.15, 0.2) is 0 Å². The summed E-state index contributed by atoms with van der Waals surface area (Å²) in [6.45, 7) is 8.50. The Hall–Kier alpha value is -1.69. The van der Waals surface area contributed by atoms with Crippen LogP contribution in [0.3, 0.4) is 0 Å². The Kier molecular flexibility index (Phi) is 4.61. The Morgan fingerprint density at radius 1 is 1.33 bits per heavy atom. The first-order chi connectivity index (χ1) is 8.35. The summed E-state index contributed by atoms with van der Waals surface area (Å²) in [7, 11) is 0. The second kappa shape index (κ2) is 5.77. The van der Waals surface area contributed by atoms with Crippen molar-refractivity contribution in [1.29, 1.82) is 5.26 Å². The molecule has 1 aromatic rings. The zero-order valence-corrected chi connectivity index (χ0v) is 11.7. The van der Waals surface area contributed by atoms with E-state index in [4.69, 9.17) is 15.7 Å². The lowest BCUT2D eigenvalue weighted by Crippen LogP contribution is -2.10. The van der Waals surface area contributed by atoms with Gasteiger partial charge in [0.05, 0.1) is 23.8 Å². The van der Waals surface area contributed by atoms with Gasteiger partial charge in [0.1, 0.15) is 5.75 Å². The average Bonchev–Trinajstić information content (AvgIpc) is 2.26. The molecule has 0 spiro atoms. The number of hydrogen-bond acceptors (Lipinski definition) is 3. The molecule has 0 atom stereocenters. The van der Waals surface area contributed by atoms with Crippen LogP contribution in [-0.2, 0) is 0 Å². The molecule has 3 nitrogen and oxygen atoms in total. The predicted molar refractivity (Wildman–Crippen MR) is 74.5 cm³/mol. The minimum Gasteiger partial charge on any atom is -0.491 e. The second-order valence-corrected chi connectivity index (χ2v) is 5.45. The number of nitrogens with two attached hydrogens (primary N) is 1. The van der Waals surface area contributed by atoms with Crippen LogP contribution >= 0.6 is 0 Å². The van der Waals surface area contributed by atoms with Gasteiger partial charge in [-0.3, -0.25) is 0 Å². The topological polar surface area (TPSA) is 59.0 Å². The Balaban J connectivity index is 2.53. The maximum absolute atomic E-state index is 8.92. The van der Waals surface area contributed by atoms with Crippen LogP contribution < -0.4 is 10.5 Å². The van der Waals surface area contributed by atoms with Crippen molar-refractivity contribution < 1.29 is 4.74 Å². The number of anilines is 1. The van der Waals surface area contributed by atoms with Crippen molar-refractivity contribution in [3.8, 4) is 11.8 Å². The van der Waals surface area contributed by atoms with E-state index in [2.05, 4.69) is 12.1 Å². The third-order valence-electron chi connectivity index (χ3n) is 2.94. The van der Waals surface area contributed by atoms with E-state index in [-0.39, 0.29) is 5.41 Å². The van der Waals surface area contributed by atoms with Gasteiger partial charge >= 0.3 is 0 Å². The molecule has 0 heterocycles. The van der Waals surface area contributed by atoms with Crippen molar-refractivity contribution in [1.82, 2.24) is 0 Å². The minimum atomic E-state index is -0.281. The molecule has 0 aliphatic heterocycles. The summed E-state index contributed by atoms with van der Waals surface area (Å²) in [4.78, 5) is 0. The summed E-state index contributed by atoms with van der Waals surface area (Å²) in [6, 6.07) is 6.27. The van der Waals surface area contributed by atoms with Crippen LogP contribution in [0.2, 0.25) is 0 Å². The Bertz CT molecular complexity index is 435. The molecule has 0 aromatic heterocycles. The van der Waals surface area contributed by atoms with Gasteiger partial charge in [0.2, 0.25) is 0 Å². The van der Waals surface area contributed by atoms with Gasteiger partial charge in [-0.2, -0.15) is 5.26 Å². The quantitative estimate of drug-likeness (QED) is 0.638. The monoisotopic (exact) mass is 246 g/mol. The lowest BCUT2D eigenvalue weighted by molar-refractivity contribution is 0.284. The van der Waals surface area contributed by atoms with Crippen molar-refractivity contribution in [2.75, 3.05) is 12.3 Å². The SMILES string of the molecule is Cc1cc(C)c(OCCCC(C)(C)C#N)c(N)c1. The predicted octanol–water partition coefficient (Wildman–Crippen LogP) is 3.59. The largest absolute Gasteiger partial charge is 0.491 e. The molecule has 1 rings (SSSR count). The lowest BCUT2D eigenvalue weighted by atomic mass is 9.90. The van der Waals surface area contributed by atoms with Crippen LogP contribution in [0, 0.1) is 30.6 Å². The molecule has 0 aliphatic rings. The van der Waals surface area contributed by atoms with E-state index in [1.165, 1.54) is 0 Å². The molecule has 0 amide bonds. The van der Waals surface area contributed by atoms with E-state index in [1.54, 1.807) is 0 Å². The van der Waals surface area contributed by atoms with Gasteiger partial charge in [0.25, 0.3) is 0 Å². The van der Waals surface area contributed by atoms with Gasteiger partial charge in [-0.25, -0.2) is 0 Å². The molecule has 0 unspecified atom stereocenters. The van der Waals surface area contributed by atoms with E-state index in [1.807, 2.05) is 33.8 Å². The molecule has 0 saturated heterocycles. The van der Waals surface area contributed by atoms with Gasteiger partial charge in [-0.15, -0.1) is 0 Å². The smallest absolute Gasteiger partial charge is 0.145 e. The summed E-state index contributed by atoms with van der Waals surface area (Å²) >= 11 is 0. The van der Waals surface area contributed by atoms with Crippen molar-refractivity contribution in [3.05, 3.63) is 23.3 Å². The summed E-state index contributed by atoms with van der Waals surface area (Å²) in [5, 5.41) is 8.92. The van der Waals surface area contributed by atoms with Crippen LogP contribution in [0.4, 0.5) is 5.69 Å². The molecule has 0 aliphatic carbocycles. The summed E-state index contributed by atoms with van der Waals surface area (Å²) in [5.41, 5.74) is 8.55. The fraction of sp³-hybridized carbons (Fsp3) is 0.533. The standard InChI is InChI=1S/C15H22N2O/c1-11-8-12(2)14(13(17)9-11)18-7-5-6-15(3,4)10-16/h8-9H,5-7,17H2,1-4H3. The van der Waals surface area contributed by atoms with Crippen molar-refractivity contribution in [2.24, 2.45) is 5.41 Å². The zero-order valence-electron chi connectivity index (χ0n) is 11.7. The Morgan fingerprint density at radius 2 is 2.00 bits per heavy atom. The van der Waals surface area contributed by atoms with Gasteiger partial charge in [0, 0.05) is 0 Å². The average molecular weight is 246 g/mol.